The average molecular weight is 270 g/mol. The molecule has 2 aromatic rings. The monoisotopic (exact) mass is 270 g/mol. The second-order valence-corrected chi connectivity index (χ2v) is 21.2. The van der Waals surface area contributed by atoms with Gasteiger partial charge in [-0.05, 0) is 33.6 Å². The maximum atomic E-state index is 4.37. The molecule has 92 valence electrons. The van der Waals surface area contributed by atoms with Crippen molar-refractivity contribution in [3.63, 3.8) is 0 Å². The molecule has 0 saturated heterocycles. The Kier molecular flexibility index (Phi) is 2.37. The first-order chi connectivity index (χ1) is 8.46. The number of hydrogen-bond donors (Lipinski definition) is 0. The summed E-state index contributed by atoms with van der Waals surface area (Å²) in [6, 6.07) is 4.35. The molecule has 1 aliphatic rings. The summed E-state index contributed by atoms with van der Waals surface area (Å²) in [6.07, 6.45) is 8.04. The Morgan fingerprint density at radius 2 is 1.11 bits per heavy atom. The molecule has 0 aromatic carbocycles. The molecule has 0 amide bonds. The molecule has 0 fully saturated rings. The summed E-state index contributed by atoms with van der Waals surface area (Å²) in [5, 5.41) is 3.06. The summed E-state index contributed by atoms with van der Waals surface area (Å²) in [5.74, 6) is 0. The van der Waals surface area contributed by atoms with E-state index < -0.39 is 15.2 Å². The number of pyridine rings is 2. The van der Waals surface area contributed by atoms with Crippen LogP contribution in [0.5, 0.6) is 0 Å². The highest BCUT2D eigenvalue weighted by molar-refractivity contribution is 7.50. The predicted octanol–water partition coefficient (Wildman–Crippen LogP) is 2.07. The van der Waals surface area contributed by atoms with Crippen LogP contribution in [0.15, 0.2) is 36.9 Å². The second-order valence-electron chi connectivity index (χ2n) is 6.09. The highest BCUT2D eigenvalue weighted by Crippen LogP contribution is 2.31. The minimum absolute atomic E-state index is 1.39. The Balaban J connectivity index is 2.43. The Labute approximate surface area is 110 Å². The van der Waals surface area contributed by atoms with E-state index in [1.54, 1.807) is 0 Å². The van der Waals surface area contributed by atoms with E-state index in [1.165, 1.54) is 21.5 Å². The third kappa shape index (κ3) is 1.33. The molecule has 3 rings (SSSR count). The molecule has 0 saturated carbocycles. The minimum Gasteiger partial charge on any atom is -0.265 e. The predicted molar refractivity (Wildman–Crippen MR) is 81.7 cm³/mol. The van der Waals surface area contributed by atoms with Crippen molar-refractivity contribution in [2.45, 2.75) is 26.2 Å². The van der Waals surface area contributed by atoms with E-state index in [1.807, 2.05) is 12.4 Å². The number of fused-ring (bicyclic) bond motifs is 3. The van der Waals surface area contributed by atoms with Gasteiger partial charge < -0.3 is 0 Å². The van der Waals surface area contributed by atoms with Crippen molar-refractivity contribution in [3.8, 4) is 11.1 Å². The van der Waals surface area contributed by atoms with Crippen molar-refractivity contribution in [3.05, 3.63) is 36.9 Å². The smallest absolute Gasteiger partial charge is 0.0820 e. The zero-order valence-corrected chi connectivity index (χ0v) is 13.4. The molecule has 2 nitrogen and oxygen atoms in total. The maximum absolute atomic E-state index is 4.37. The van der Waals surface area contributed by atoms with Crippen LogP contribution in [0, 0.1) is 0 Å². The lowest BCUT2D eigenvalue weighted by molar-refractivity contribution is 1.32. The van der Waals surface area contributed by atoms with Gasteiger partial charge in [-0.3, -0.25) is 9.97 Å². The summed E-state index contributed by atoms with van der Waals surface area (Å²) in [4.78, 5) is 8.75. The van der Waals surface area contributed by atoms with Crippen molar-refractivity contribution in [2.24, 2.45) is 0 Å². The molecule has 0 bridgehead atoms. The van der Waals surface area contributed by atoms with Gasteiger partial charge in [0.2, 0.25) is 0 Å². The van der Waals surface area contributed by atoms with Gasteiger partial charge in [0.15, 0.2) is 0 Å². The number of nitrogens with zero attached hydrogens (tertiary/aromatic N) is 2. The molecule has 0 spiro atoms. The fourth-order valence-corrected chi connectivity index (χ4v) is 12.1. The van der Waals surface area contributed by atoms with Crippen LogP contribution in [0.1, 0.15) is 0 Å². The normalized spacial score (nSPS) is 18.9. The third-order valence-corrected chi connectivity index (χ3v) is 22.4. The summed E-state index contributed by atoms with van der Waals surface area (Å²) >= 11 is 0. The van der Waals surface area contributed by atoms with Crippen molar-refractivity contribution in [2.75, 3.05) is 0 Å². The van der Waals surface area contributed by atoms with E-state index in [4.69, 9.17) is 0 Å². The highest BCUT2D eigenvalue weighted by Gasteiger charge is 2.49. The molecule has 0 atom stereocenters. The van der Waals surface area contributed by atoms with Gasteiger partial charge in [-0.15, -0.1) is 0 Å². The van der Waals surface area contributed by atoms with Gasteiger partial charge in [0.05, 0.1) is 15.2 Å². The number of aromatic nitrogens is 2. The lowest BCUT2D eigenvalue weighted by Crippen LogP contribution is -2.72. The molecule has 3 heterocycles. The molecule has 1 aliphatic heterocycles. The molecule has 2 aromatic heterocycles. The molecule has 0 radical (unpaired) electrons. The van der Waals surface area contributed by atoms with Crippen LogP contribution in [-0.2, 0) is 0 Å². The first kappa shape index (κ1) is 11.8. The van der Waals surface area contributed by atoms with E-state index in [9.17, 15) is 0 Å². The molecule has 0 aliphatic carbocycles. The summed E-state index contributed by atoms with van der Waals surface area (Å²) < 4.78 is 0. The van der Waals surface area contributed by atoms with Crippen LogP contribution >= 0.6 is 0 Å². The van der Waals surface area contributed by atoms with Gasteiger partial charge in [-0.25, -0.2) is 0 Å². The van der Waals surface area contributed by atoms with Gasteiger partial charge in [-0.2, -0.15) is 0 Å². The summed E-state index contributed by atoms with van der Waals surface area (Å²) in [6.45, 7) is 9.98. The molecule has 4 heteroatoms. The molecule has 0 N–H and O–H groups in total. The first-order valence-electron chi connectivity index (χ1n) is 6.35. The van der Waals surface area contributed by atoms with Crippen LogP contribution < -0.4 is 10.4 Å². The van der Waals surface area contributed by atoms with E-state index in [0.29, 0.717) is 0 Å². The largest absolute Gasteiger partial charge is 0.265 e. The lowest BCUT2D eigenvalue weighted by atomic mass is 10.1. The zero-order valence-electron chi connectivity index (χ0n) is 11.4. The molecule has 0 unspecified atom stereocenters. The third-order valence-electron chi connectivity index (χ3n) is 4.84. The van der Waals surface area contributed by atoms with Crippen LogP contribution in [0.4, 0.5) is 0 Å². The van der Waals surface area contributed by atoms with E-state index in [0.717, 1.165) is 0 Å². The fourth-order valence-electron chi connectivity index (χ4n) is 2.93. The van der Waals surface area contributed by atoms with E-state index in [2.05, 4.69) is 60.7 Å². The van der Waals surface area contributed by atoms with Gasteiger partial charge in [0.1, 0.15) is 0 Å². The van der Waals surface area contributed by atoms with Crippen molar-refractivity contribution < 1.29 is 0 Å². The van der Waals surface area contributed by atoms with Crippen molar-refractivity contribution >= 4 is 25.6 Å². The van der Waals surface area contributed by atoms with Crippen LogP contribution in [-0.4, -0.2) is 25.2 Å². The van der Waals surface area contributed by atoms with Gasteiger partial charge >= 0.3 is 0 Å². The zero-order chi connectivity index (χ0) is 13.0. The van der Waals surface area contributed by atoms with Gasteiger partial charge in [0, 0.05) is 24.8 Å². The second kappa shape index (κ2) is 3.62. The number of hydrogen-bond acceptors (Lipinski definition) is 2. The topological polar surface area (TPSA) is 25.8 Å². The van der Waals surface area contributed by atoms with Crippen LogP contribution in [0.25, 0.3) is 11.1 Å². The quantitative estimate of drug-likeness (QED) is 0.685. The SMILES string of the molecule is C[Si]1(C)c2cnccc2-c2ccncc2[Si]1(C)C. The number of rotatable bonds is 0. The Hall–Kier alpha value is -1.27. The highest BCUT2D eigenvalue weighted by atomic mass is 29.3. The van der Waals surface area contributed by atoms with E-state index in [-0.39, 0.29) is 0 Å². The standard InChI is InChI=1S/C14H18N2Si2/c1-17(2)13-9-15-7-5-11(13)12-6-8-16-10-14(12)18(17,3)4/h5-10H,1-4H3. The Morgan fingerprint density at radius 3 is 1.50 bits per heavy atom. The van der Waals surface area contributed by atoms with Gasteiger partial charge in [-0.1, -0.05) is 26.2 Å². The van der Waals surface area contributed by atoms with E-state index >= 15 is 0 Å². The summed E-state index contributed by atoms with van der Waals surface area (Å²) in [5.41, 5.74) is 2.79. The van der Waals surface area contributed by atoms with Crippen molar-refractivity contribution in [1.29, 1.82) is 0 Å². The summed E-state index contributed by atoms with van der Waals surface area (Å²) in [7, 11) is -2.91. The van der Waals surface area contributed by atoms with Crippen LogP contribution in [0.3, 0.4) is 0 Å². The molecular weight excluding hydrogens is 252 g/mol. The van der Waals surface area contributed by atoms with Gasteiger partial charge in [0.25, 0.3) is 0 Å². The maximum Gasteiger partial charge on any atom is 0.0820 e. The Morgan fingerprint density at radius 1 is 0.722 bits per heavy atom. The van der Waals surface area contributed by atoms with Crippen molar-refractivity contribution in [1.82, 2.24) is 9.97 Å². The van der Waals surface area contributed by atoms with Crippen LogP contribution in [0.2, 0.25) is 26.2 Å². The molecular formula is C14H18N2Si2. The average Bonchev–Trinajstić information content (AvgIpc) is 2.37. The lowest BCUT2D eigenvalue weighted by Gasteiger charge is -2.44. The first-order valence-corrected chi connectivity index (χ1v) is 13.4. The Bertz CT molecular complexity index is 565. The molecule has 18 heavy (non-hydrogen) atoms. The fraction of sp³-hybridized carbons (Fsp3) is 0.286. The minimum atomic E-state index is -1.45.